The summed E-state index contributed by atoms with van der Waals surface area (Å²) in [7, 11) is -2.15. The molecular formula is C21H26N4O4S. The predicted octanol–water partition coefficient (Wildman–Crippen LogP) is 2.84. The Morgan fingerprint density at radius 2 is 1.93 bits per heavy atom. The van der Waals surface area contributed by atoms with E-state index in [0.717, 1.165) is 31.5 Å². The summed E-state index contributed by atoms with van der Waals surface area (Å²) in [5, 5.41) is 6.09. The minimum absolute atomic E-state index is 0.113. The molecule has 0 aromatic heterocycles. The van der Waals surface area contributed by atoms with Crippen molar-refractivity contribution in [2.24, 2.45) is 5.92 Å². The van der Waals surface area contributed by atoms with Gasteiger partial charge in [-0.1, -0.05) is 12.1 Å². The van der Waals surface area contributed by atoms with Crippen molar-refractivity contribution >= 4 is 27.4 Å². The molecule has 1 saturated heterocycles. The molecule has 0 atom stereocenters. The Labute approximate surface area is 176 Å². The fourth-order valence-corrected chi connectivity index (χ4v) is 4.90. The highest BCUT2D eigenvalue weighted by molar-refractivity contribution is 7.92. The van der Waals surface area contributed by atoms with E-state index in [1.165, 1.54) is 4.90 Å². The number of ether oxygens (including phenoxy) is 1. The summed E-state index contributed by atoms with van der Waals surface area (Å²) in [6, 6.07) is 11.6. The molecule has 1 fully saturated rings. The molecule has 8 nitrogen and oxygen atoms in total. The number of fused-ring (bicyclic) bond motifs is 1. The second kappa shape index (κ2) is 8.53. The van der Waals surface area contributed by atoms with Crippen LogP contribution in [0.3, 0.4) is 0 Å². The first-order valence-corrected chi connectivity index (χ1v) is 11.5. The Kier molecular flexibility index (Phi) is 5.83. The van der Waals surface area contributed by atoms with Crippen LogP contribution in [0.5, 0.6) is 5.75 Å². The average Bonchev–Trinajstić information content (AvgIpc) is 2.74. The number of piperidine rings is 1. The molecular weight excluding hydrogens is 404 g/mol. The summed E-state index contributed by atoms with van der Waals surface area (Å²) < 4.78 is 34.7. The number of sulfonamides is 1. The molecule has 2 aliphatic rings. The highest BCUT2D eigenvalue weighted by Gasteiger charge is 2.23. The number of rotatable bonds is 6. The number of anilines is 2. The van der Waals surface area contributed by atoms with Crippen LogP contribution in [0.1, 0.15) is 18.4 Å². The standard InChI is InChI=1S/C21H26N4O4S/c1-25-13-16-12-17(6-7-18(16)23-21(25)26)24-30(27,28)20-5-3-2-4-19(20)29-14-15-8-10-22-11-9-15/h2-7,12,15,22,24H,8-11,13-14H2,1H3,(H,23,26). The smallest absolute Gasteiger partial charge is 0.321 e. The van der Waals surface area contributed by atoms with E-state index in [0.29, 0.717) is 36.2 Å². The van der Waals surface area contributed by atoms with E-state index in [1.54, 1.807) is 49.5 Å². The van der Waals surface area contributed by atoms with Crippen molar-refractivity contribution in [2.45, 2.75) is 24.3 Å². The second-order valence-corrected chi connectivity index (χ2v) is 9.37. The zero-order valence-corrected chi connectivity index (χ0v) is 17.7. The van der Waals surface area contributed by atoms with Gasteiger partial charge in [0.05, 0.1) is 6.61 Å². The minimum atomic E-state index is -3.84. The van der Waals surface area contributed by atoms with Crippen LogP contribution in [0, 0.1) is 5.92 Å². The van der Waals surface area contributed by atoms with E-state index in [1.807, 2.05) is 0 Å². The third-order valence-electron chi connectivity index (χ3n) is 5.43. The molecule has 0 bridgehead atoms. The highest BCUT2D eigenvalue weighted by atomic mass is 32.2. The van der Waals surface area contributed by atoms with Crippen LogP contribution in [0.4, 0.5) is 16.2 Å². The van der Waals surface area contributed by atoms with Gasteiger partial charge in [0.15, 0.2) is 0 Å². The van der Waals surface area contributed by atoms with E-state index < -0.39 is 10.0 Å². The van der Waals surface area contributed by atoms with Crippen LogP contribution in [0.15, 0.2) is 47.4 Å². The Balaban J connectivity index is 1.51. The van der Waals surface area contributed by atoms with Crippen LogP contribution in [0.2, 0.25) is 0 Å². The molecule has 0 radical (unpaired) electrons. The van der Waals surface area contributed by atoms with E-state index in [9.17, 15) is 13.2 Å². The van der Waals surface area contributed by atoms with E-state index >= 15 is 0 Å². The van der Waals surface area contributed by atoms with Gasteiger partial charge in [0.1, 0.15) is 10.6 Å². The molecule has 2 amide bonds. The first-order chi connectivity index (χ1) is 14.4. The summed E-state index contributed by atoms with van der Waals surface area (Å²) in [4.78, 5) is 13.4. The number of carbonyl (C=O) groups excluding carboxylic acids is 1. The lowest BCUT2D eigenvalue weighted by Gasteiger charge is -2.26. The van der Waals surface area contributed by atoms with Gasteiger partial charge in [-0.25, -0.2) is 13.2 Å². The number of amides is 2. The van der Waals surface area contributed by atoms with Gasteiger partial charge >= 0.3 is 6.03 Å². The summed E-state index contributed by atoms with van der Waals surface area (Å²) in [6.07, 6.45) is 2.04. The molecule has 0 spiro atoms. The zero-order chi connectivity index (χ0) is 21.1. The quantitative estimate of drug-likeness (QED) is 0.654. The maximum Gasteiger partial charge on any atom is 0.321 e. The zero-order valence-electron chi connectivity index (χ0n) is 16.8. The SMILES string of the molecule is CN1Cc2cc(NS(=O)(=O)c3ccccc3OCC3CCNCC3)ccc2NC1=O. The molecule has 4 rings (SSSR count). The van der Waals surface area contributed by atoms with Gasteiger partial charge in [-0.3, -0.25) is 4.72 Å². The maximum absolute atomic E-state index is 13.1. The molecule has 2 aromatic carbocycles. The van der Waals surface area contributed by atoms with Crippen LogP contribution < -0.4 is 20.1 Å². The Morgan fingerprint density at radius 3 is 2.73 bits per heavy atom. The van der Waals surface area contributed by atoms with Gasteiger partial charge in [0.2, 0.25) is 0 Å². The molecule has 3 N–H and O–H groups in total. The average molecular weight is 431 g/mol. The first kappa shape index (κ1) is 20.5. The van der Waals surface area contributed by atoms with Crippen LogP contribution in [0.25, 0.3) is 0 Å². The van der Waals surface area contributed by atoms with Crippen molar-refractivity contribution in [1.82, 2.24) is 10.2 Å². The highest BCUT2D eigenvalue weighted by Crippen LogP contribution is 2.30. The van der Waals surface area contributed by atoms with Gasteiger partial charge in [0, 0.05) is 25.0 Å². The topological polar surface area (TPSA) is 99.8 Å². The molecule has 160 valence electrons. The fourth-order valence-electron chi connectivity index (χ4n) is 3.71. The van der Waals surface area contributed by atoms with Crippen molar-refractivity contribution in [1.29, 1.82) is 0 Å². The Morgan fingerprint density at radius 1 is 1.17 bits per heavy atom. The number of para-hydroxylation sites is 1. The number of nitrogens with zero attached hydrogens (tertiary/aromatic N) is 1. The van der Waals surface area contributed by atoms with Crippen molar-refractivity contribution in [3.05, 3.63) is 48.0 Å². The molecule has 9 heteroatoms. The molecule has 0 saturated carbocycles. The fraction of sp³-hybridized carbons (Fsp3) is 0.381. The third kappa shape index (κ3) is 4.52. The van der Waals surface area contributed by atoms with Gasteiger partial charge in [-0.05, 0) is 67.7 Å². The third-order valence-corrected chi connectivity index (χ3v) is 6.85. The number of nitrogens with one attached hydrogen (secondary N) is 3. The molecule has 2 aromatic rings. The molecule has 2 aliphatic heterocycles. The summed E-state index contributed by atoms with van der Waals surface area (Å²) in [5.41, 5.74) is 1.96. The molecule has 0 unspecified atom stereocenters. The van der Waals surface area contributed by atoms with Crippen molar-refractivity contribution in [2.75, 3.05) is 36.8 Å². The lowest BCUT2D eigenvalue weighted by Crippen LogP contribution is -2.35. The van der Waals surface area contributed by atoms with Gasteiger partial charge in [-0.2, -0.15) is 0 Å². The van der Waals surface area contributed by atoms with E-state index in [-0.39, 0.29) is 10.9 Å². The first-order valence-electron chi connectivity index (χ1n) is 10.0. The molecule has 2 heterocycles. The monoisotopic (exact) mass is 430 g/mol. The largest absolute Gasteiger partial charge is 0.492 e. The van der Waals surface area contributed by atoms with Crippen LogP contribution >= 0.6 is 0 Å². The van der Waals surface area contributed by atoms with Crippen molar-refractivity contribution < 1.29 is 17.9 Å². The molecule has 30 heavy (non-hydrogen) atoms. The number of urea groups is 1. The summed E-state index contributed by atoms with van der Waals surface area (Å²) in [5.74, 6) is 0.774. The summed E-state index contributed by atoms with van der Waals surface area (Å²) in [6.45, 7) is 2.83. The van der Waals surface area contributed by atoms with Crippen molar-refractivity contribution in [3.8, 4) is 5.75 Å². The van der Waals surface area contributed by atoms with Crippen LogP contribution in [-0.2, 0) is 16.6 Å². The second-order valence-electron chi connectivity index (χ2n) is 7.71. The van der Waals surface area contributed by atoms with Crippen LogP contribution in [-0.4, -0.2) is 46.1 Å². The van der Waals surface area contributed by atoms with Gasteiger partial charge in [0.25, 0.3) is 10.0 Å². The minimum Gasteiger partial charge on any atom is -0.492 e. The lowest BCUT2D eigenvalue weighted by atomic mass is 9.99. The summed E-state index contributed by atoms with van der Waals surface area (Å²) >= 11 is 0. The van der Waals surface area contributed by atoms with E-state index in [4.69, 9.17) is 4.74 Å². The van der Waals surface area contributed by atoms with Gasteiger partial charge < -0.3 is 20.3 Å². The molecule has 0 aliphatic carbocycles. The number of carbonyl (C=O) groups is 1. The maximum atomic E-state index is 13.1. The predicted molar refractivity (Wildman–Crippen MR) is 115 cm³/mol. The van der Waals surface area contributed by atoms with Crippen molar-refractivity contribution in [3.63, 3.8) is 0 Å². The Hall–Kier alpha value is -2.78. The number of benzene rings is 2. The number of hydrogen-bond acceptors (Lipinski definition) is 5. The lowest BCUT2D eigenvalue weighted by molar-refractivity contribution is 0.211. The van der Waals surface area contributed by atoms with Gasteiger partial charge in [-0.15, -0.1) is 0 Å². The Bertz CT molecular complexity index is 1040. The van der Waals surface area contributed by atoms with E-state index in [2.05, 4.69) is 15.4 Å². The number of hydrogen-bond donors (Lipinski definition) is 3. The normalized spacial score (nSPS) is 17.2.